The lowest BCUT2D eigenvalue weighted by Gasteiger charge is -2.25. The molecule has 0 aliphatic carbocycles. The van der Waals surface area contributed by atoms with Gasteiger partial charge in [-0.3, -0.25) is 0 Å². The molecule has 2 heterocycles. The lowest BCUT2D eigenvalue weighted by Crippen LogP contribution is -2.19. The van der Waals surface area contributed by atoms with Crippen LogP contribution in [0.15, 0.2) is 18.2 Å². The first-order valence-electron chi connectivity index (χ1n) is 6.92. The number of fused-ring (bicyclic) bond motifs is 1. The van der Waals surface area contributed by atoms with Gasteiger partial charge in [0.1, 0.15) is 5.75 Å². The van der Waals surface area contributed by atoms with Crippen LogP contribution in [-0.2, 0) is 6.42 Å². The Kier molecular flexibility index (Phi) is 3.80. The molecule has 0 radical (unpaired) electrons. The molecular weight excluding hydrogens is 242 g/mol. The second kappa shape index (κ2) is 5.54. The van der Waals surface area contributed by atoms with Gasteiger partial charge in [0, 0.05) is 18.0 Å². The Morgan fingerprint density at radius 1 is 1.33 bits per heavy atom. The summed E-state index contributed by atoms with van der Waals surface area (Å²) in [5.74, 6) is 4.50. The smallest absolute Gasteiger partial charge is 0.127 e. The van der Waals surface area contributed by atoms with Crippen molar-refractivity contribution in [3.63, 3.8) is 0 Å². The van der Waals surface area contributed by atoms with E-state index in [1.807, 2.05) is 0 Å². The van der Waals surface area contributed by atoms with Crippen LogP contribution < -0.4 is 10.5 Å². The summed E-state index contributed by atoms with van der Waals surface area (Å²) in [5, 5.41) is 0. The number of rotatable bonds is 3. The first-order valence-corrected chi connectivity index (χ1v) is 8.08. The molecule has 1 atom stereocenters. The summed E-state index contributed by atoms with van der Waals surface area (Å²) < 4.78 is 5.76. The Labute approximate surface area is 113 Å². The molecule has 0 aromatic heterocycles. The van der Waals surface area contributed by atoms with Crippen molar-refractivity contribution in [3.05, 3.63) is 29.3 Å². The Morgan fingerprint density at radius 2 is 2.17 bits per heavy atom. The summed E-state index contributed by atoms with van der Waals surface area (Å²) in [7, 11) is 0. The normalized spacial score (nSPS) is 21.4. The van der Waals surface area contributed by atoms with Crippen LogP contribution in [0.5, 0.6) is 5.75 Å². The van der Waals surface area contributed by atoms with E-state index in [9.17, 15) is 0 Å². The molecular formula is C15H21NOS. The van der Waals surface area contributed by atoms with Crippen molar-refractivity contribution >= 4 is 11.8 Å². The van der Waals surface area contributed by atoms with E-state index in [-0.39, 0.29) is 6.04 Å². The molecule has 1 saturated heterocycles. The van der Waals surface area contributed by atoms with Gasteiger partial charge in [-0.25, -0.2) is 0 Å². The topological polar surface area (TPSA) is 35.2 Å². The van der Waals surface area contributed by atoms with E-state index in [0.29, 0.717) is 0 Å². The van der Waals surface area contributed by atoms with Crippen molar-refractivity contribution in [2.75, 3.05) is 18.1 Å². The number of nitrogens with two attached hydrogens (primary N) is 1. The summed E-state index contributed by atoms with van der Waals surface area (Å²) in [4.78, 5) is 0. The molecule has 1 unspecified atom stereocenters. The zero-order valence-corrected chi connectivity index (χ0v) is 11.5. The monoisotopic (exact) mass is 263 g/mol. The molecule has 2 N–H and O–H groups in total. The fraction of sp³-hybridized carbons (Fsp3) is 0.600. The average Bonchev–Trinajstić information content (AvgIpc) is 2.87. The molecule has 2 aliphatic heterocycles. The summed E-state index contributed by atoms with van der Waals surface area (Å²) >= 11 is 2.08. The minimum absolute atomic E-state index is 0.145. The second-order valence-electron chi connectivity index (χ2n) is 5.33. The van der Waals surface area contributed by atoms with Crippen molar-refractivity contribution in [1.82, 2.24) is 0 Å². The zero-order valence-electron chi connectivity index (χ0n) is 10.7. The van der Waals surface area contributed by atoms with Crippen LogP contribution in [0.25, 0.3) is 0 Å². The van der Waals surface area contributed by atoms with Crippen LogP contribution in [0.1, 0.15) is 36.4 Å². The minimum Gasteiger partial charge on any atom is -0.493 e. The lowest BCUT2D eigenvalue weighted by atomic mass is 9.90. The third-order valence-electron chi connectivity index (χ3n) is 4.07. The molecule has 1 fully saturated rings. The number of ether oxygens (including phenoxy) is 1. The van der Waals surface area contributed by atoms with Crippen molar-refractivity contribution in [3.8, 4) is 5.75 Å². The molecule has 98 valence electrons. The minimum atomic E-state index is 0.145. The van der Waals surface area contributed by atoms with Gasteiger partial charge >= 0.3 is 0 Å². The number of hydrogen-bond donors (Lipinski definition) is 1. The SMILES string of the molecule is NC(CC1CCSCC1)c1cccc2c1OCC2. The molecule has 0 saturated carbocycles. The quantitative estimate of drug-likeness (QED) is 0.910. The molecule has 1 aromatic carbocycles. The number of benzene rings is 1. The van der Waals surface area contributed by atoms with E-state index in [1.165, 1.54) is 35.5 Å². The van der Waals surface area contributed by atoms with Crippen LogP contribution >= 0.6 is 11.8 Å². The predicted molar refractivity (Wildman–Crippen MR) is 77.2 cm³/mol. The standard InChI is InChI=1S/C15H21NOS/c16-14(10-11-5-8-18-9-6-11)13-3-1-2-12-4-7-17-15(12)13/h1-3,11,14H,4-10,16H2. The largest absolute Gasteiger partial charge is 0.493 e. The van der Waals surface area contributed by atoms with E-state index < -0.39 is 0 Å². The third kappa shape index (κ3) is 2.52. The van der Waals surface area contributed by atoms with Gasteiger partial charge in [-0.05, 0) is 42.2 Å². The Balaban J connectivity index is 1.72. The zero-order chi connectivity index (χ0) is 12.4. The molecule has 0 bridgehead atoms. The van der Waals surface area contributed by atoms with Gasteiger partial charge in [0.15, 0.2) is 0 Å². The first kappa shape index (κ1) is 12.4. The van der Waals surface area contributed by atoms with E-state index in [4.69, 9.17) is 10.5 Å². The maximum Gasteiger partial charge on any atom is 0.127 e. The Bertz CT molecular complexity index is 415. The highest BCUT2D eigenvalue weighted by molar-refractivity contribution is 7.99. The van der Waals surface area contributed by atoms with Gasteiger partial charge in [0.25, 0.3) is 0 Å². The predicted octanol–water partition coefficient (Wildman–Crippen LogP) is 3.15. The van der Waals surface area contributed by atoms with Crippen molar-refractivity contribution in [1.29, 1.82) is 0 Å². The summed E-state index contributed by atoms with van der Waals surface area (Å²) in [5.41, 5.74) is 8.97. The van der Waals surface area contributed by atoms with Gasteiger partial charge in [-0.1, -0.05) is 18.2 Å². The van der Waals surface area contributed by atoms with Crippen LogP contribution in [0.2, 0.25) is 0 Å². The van der Waals surface area contributed by atoms with E-state index in [1.54, 1.807) is 0 Å². The molecule has 1 aromatic rings. The van der Waals surface area contributed by atoms with Crippen LogP contribution in [0, 0.1) is 5.92 Å². The Morgan fingerprint density at radius 3 is 3.00 bits per heavy atom. The summed E-state index contributed by atoms with van der Waals surface area (Å²) in [6.07, 6.45) is 4.80. The molecule has 3 rings (SSSR count). The summed E-state index contributed by atoms with van der Waals surface area (Å²) in [6, 6.07) is 6.58. The molecule has 2 nitrogen and oxygen atoms in total. The van der Waals surface area contributed by atoms with Crippen LogP contribution in [0.3, 0.4) is 0 Å². The van der Waals surface area contributed by atoms with Crippen molar-refractivity contribution < 1.29 is 4.74 Å². The van der Waals surface area contributed by atoms with Gasteiger partial charge in [0.2, 0.25) is 0 Å². The number of thioether (sulfide) groups is 1. The lowest BCUT2D eigenvalue weighted by molar-refractivity contribution is 0.345. The molecule has 0 amide bonds. The molecule has 3 heteroatoms. The first-order chi connectivity index (χ1) is 8.84. The van der Waals surface area contributed by atoms with E-state index in [2.05, 4.69) is 30.0 Å². The van der Waals surface area contributed by atoms with Gasteiger partial charge < -0.3 is 10.5 Å². The van der Waals surface area contributed by atoms with E-state index in [0.717, 1.165) is 31.1 Å². The highest BCUT2D eigenvalue weighted by atomic mass is 32.2. The van der Waals surface area contributed by atoms with Crippen LogP contribution in [-0.4, -0.2) is 18.1 Å². The highest BCUT2D eigenvalue weighted by Crippen LogP contribution is 2.36. The molecule has 2 aliphatic rings. The Hall–Kier alpha value is -0.670. The van der Waals surface area contributed by atoms with Gasteiger partial charge in [-0.2, -0.15) is 11.8 Å². The van der Waals surface area contributed by atoms with Crippen LogP contribution in [0.4, 0.5) is 0 Å². The van der Waals surface area contributed by atoms with Crippen molar-refractivity contribution in [2.24, 2.45) is 11.7 Å². The highest BCUT2D eigenvalue weighted by Gasteiger charge is 2.23. The van der Waals surface area contributed by atoms with Gasteiger partial charge in [-0.15, -0.1) is 0 Å². The second-order valence-corrected chi connectivity index (χ2v) is 6.56. The molecule has 0 spiro atoms. The summed E-state index contributed by atoms with van der Waals surface area (Å²) in [6.45, 7) is 0.819. The fourth-order valence-electron chi connectivity index (χ4n) is 3.00. The maximum atomic E-state index is 6.41. The molecule has 18 heavy (non-hydrogen) atoms. The fourth-order valence-corrected chi connectivity index (χ4v) is 4.20. The number of hydrogen-bond acceptors (Lipinski definition) is 3. The van der Waals surface area contributed by atoms with E-state index >= 15 is 0 Å². The average molecular weight is 263 g/mol. The van der Waals surface area contributed by atoms with Crippen molar-refractivity contribution in [2.45, 2.75) is 31.7 Å². The third-order valence-corrected chi connectivity index (χ3v) is 5.12. The number of para-hydroxylation sites is 1. The van der Waals surface area contributed by atoms with Gasteiger partial charge in [0.05, 0.1) is 6.61 Å². The maximum absolute atomic E-state index is 6.41.